The van der Waals surface area contributed by atoms with Crippen molar-refractivity contribution in [1.82, 2.24) is 4.90 Å². The maximum absolute atomic E-state index is 13.8. The molecule has 12 heteroatoms. The summed E-state index contributed by atoms with van der Waals surface area (Å²) < 4.78 is 6.32. The predicted octanol–water partition coefficient (Wildman–Crippen LogP) is 5.33. The number of halogens is 3. The van der Waals surface area contributed by atoms with Gasteiger partial charge in [0.2, 0.25) is 11.8 Å². The van der Waals surface area contributed by atoms with Crippen LogP contribution >= 0.6 is 47.8 Å². The van der Waals surface area contributed by atoms with Crippen LogP contribution in [-0.2, 0) is 24.0 Å². The number of carboxylic acid groups (broad SMARTS) is 1. The van der Waals surface area contributed by atoms with Gasteiger partial charge in [-0.1, -0.05) is 18.1 Å². The Labute approximate surface area is 261 Å². The number of unbranched alkanes of at least 4 members (excludes halogenated alkanes) is 2. The second-order valence-electron chi connectivity index (χ2n) is 10.6. The van der Waals surface area contributed by atoms with Crippen LogP contribution in [0.2, 0.25) is 0 Å². The molecule has 9 nitrogen and oxygen atoms in total. The summed E-state index contributed by atoms with van der Waals surface area (Å²) in [6.45, 7) is 0.211. The number of nitrogens with zero attached hydrogens (tertiary/aromatic N) is 1. The molecule has 0 saturated carbocycles. The fourth-order valence-electron chi connectivity index (χ4n) is 6.55. The summed E-state index contributed by atoms with van der Waals surface area (Å²) in [5.41, 5.74) is 1.97. The number of ether oxygens (including phenoxy) is 1. The van der Waals surface area contributed by atoms with E-state index in [0.717, 1.165) is 5.57 Å². The molecule has 5 rings (SSSR count). The van der Waals surface area contributed by atoms with Gasteiger partial charge in [0.15, 0.2) is 23.1 Å². The minimum Gasteiger partial charge on any atom is -0.503 e. The number of carbonyl (C=O) groups is 5. The third-order valence-corrected chi connectivity index (χ3v) is 11.1. The molecule has 1 fully saturated rings. The number of carbonyl (C=O) groups excluding carboxylic acids is 4. The van der Waals surface area contributed by atoms with Gasteiger partial charge in [0.1, 0.15) is 0 Å². The van der Waals surface area contributed by atoms with E-state index in [-0.39, 0.29) is 58.7 Å². The minimum atomic E-state index is -0.884. The number of Topliss-reactive ketones (excluding diaryl/α,β-unsaturated/α-hetero) is 1. The summed E-state index contributed by atoms with van der Waals surface area (Å²) >= 11 is 10.2. The van der Waals surface area contributed by atoms with Crippen LogP contribution < -0.4 is 4.74 Å². The summed E-state index contributed by atoms with van der Waals surface area (Å²) in [5, 5.41) is 19.4. The van der Waals surface area contributed by atoms with Crippen molar-refractivity contribution in [1.29, 1.82) is 0 Å². The quantitative estimate of drug-likeness (QED) is 0.157. The third kappa shape index (κ3) is 5.05. The van der Waals surface area contributed by atoms with Gasteiger partial charge in [0.25, 0.3) is 0 Å². The average molecular weight is 756 g/mol. The van der Waals surface area contributed by atoms with Crippen molar-refractivity contribution in [2.75, 3.05) is 13.7 Å². The molecule has 4 unspecified atom stereocenters. The Bertz CT molecular complexity index is 1490. The highest BCUT2D eigenvalue weighted by Gasteiger charge is 2.56. The van der Waals surface area contributed by atoms with Crippen LogP contribution in [0.4, 0.5) is 0 Å². The molecule has 0 spiro atoms. The Hall–Kier alpha value is -2.57. The lowest BCUT2D eigenvalue weighted by atomic mass is 9.59. The van der Waals surface area contributed by atoms with E-state index in [9.17, 15) is 29.1 Å². The molecule has 0 aromatic heterocycles. The second kappa shape index (κ2) is 11.6. The average Bonchev–Trinajstić information content (AvgIpc) is 3.18. The van der Waals surface area contributed by atoms with Gasteiger partial charge < -0.3 is 14.9 Å². The Balaban J connectivity index is 1.56. The zero-order chi connectivity index (χ0) is 29.7. The molecule has 216 valence electrons. The maximum atomic E-state index is 13.8. The van der Waals surface area contributed by atoms with E-state index < -0.39 is 29.6 Å². The Morgan fingerprint density at radius 2 is 1.78 bits per heavy atom. The van der Waals surface area contributed by atoms with Crippen molar-refractivity contribution in [3.05, 3.63) is 53.9 Å². The van der Waals surface area contributed by atoms with E-state index in [1.54, 1.807) is 6.07 Å². The van der Waals surface area contributed by atoms with E-state index in [2.05, 4.69) is 47.8 Å². The first-order valence-corrected chi connectivity index (χ1v) is 15.6. The number of rotatable bonds is 8. The topological polar surface area (TPSA) is 138 Å². The first-order chi connectivity index (χ1) is 19.5. The molecule has 41 heavy (non-hydrogen) atoms. The lowest BCUT2D eigenvalue weighted by molar-refractivity contribution is -0.141. The smallest absolute Gasteiger partial charge is 0.303 e. The Morgan fingerprint density at radius 1 is 1.05 bits per heavy atom. The summed E-state index contributed by atoms with van der Waals surface area (Å²) in [6.07, 6.45) is 5.22. The van der Waals surface area contributed by atoms with E-state index in [0.29, 0.717) is 51.3 Å². The molecule has 1 aliphatic heterocycles. The van der Waals surface area contributed by atoms with Gasteiger partial charge in [-0.25, -0.2) is 0 Å². The van der Waals surface area contributed by atoms with Gasteiger partial charge >= 0.3 is 5.97 Å². The molecule has 0 radical (unpaired) electrons. The normalized spacial score (nSPS) is 25.5. The highest BCUT2D eigenvalue weighted by Crippen LogP contribution is 2.57. The SMILES string of the molecule is COc1cc(C2C3=CCC4C(=O)N(CCCCCC(=O)O)C(=O)C4C3CC3=C2C(=O)C=C(Br)C3=O)c(Br)c(Br)c1O. The van der Waals surface area contributed by atoms with Crippen molar-refractivity contribution in [3.63, 3.8) is 0 Å². The monoisotopic (exact) mass is 753 g/mol. The zero-order valence-corrected chi connectivity index (χ0v) is 26.7. The predicted molar refractivity (Wildman–Crippen MR) is 157 cm³/mol. The van der Waals surface area contributed by atoms with Crippen molar-refractivity contribution in [2.45, 2.75) is 44.4 Å². The van der Waals surface area contributed by atoms with E-state index >= 15 is 0 Å². The van der Waals surface area contributed by atoms with Crippen LogP contribution in [0, 0.1) is 17.8 Å². The van der Waals surface area contributed by atoms with Gasteiger partial charge in [-0.2, -0.15) is 0 Å². The zero-order valence-electron chi connectivity index (χ0n) is 21.9. The second-order valence-corrected chi connectivity index (χ2v) is 13.0. The number of phenolic OH excluding ortho intramolecular Hbond substituents is 1. The number of phenols is 1. The van der Waals surface area contributed by atoms with Gasteiger partial charge in [0, 0.05) is 40.6 Å². The highest BCUT2D eigenvalue weighted by molar-refractivity contribution is 9.13. The van der Waals surface area contributed by atoms with Gasteiger partial charge in [0.05, 0.1) is 27.9 Å². The molecule has 1 aromatic rings. The van der Waals surface area contributed by atoms with Gasteiger partial charge in [-0.3, -0.25) is 28.9 Å². The molecule has 1 aromatic carbocycles. The van der Waals surface area contributed by atoms with E-state index in [4.69, 9.17) is 9.84 Å². The largest absolute Gasteiger partial charge is 0.503 e. The van der Waals surface area contributed by atoms with Crippen LogP contribution in [0.1, 0.15) is 50.0 Å². The maximum Gasteiger partial charge on any atom is 0.303 e. The molecule has 3 aliphatic carbocycles. The number of fused-ring (bicyclic) bond motifs is 3. The van der Waals surface area contributed by atoms with Crippen molar-refractivity contribution < 1.29 is 38.9 Å². The summed E-state index contributed by atoms with van der Waals surface area (Å²) in [5.74, 6) is -4.54. The molecular weight excluding hydrogens is 730 g/mol. The standard InChI is InChI=1S/C29H26Br3NO8/c1-41-19-10-15(24(31)25(32)27(19)38)21-12-6-7-13-22(14(12)9-16-23(21)18(34)11-17(30)26(16)37)29(40)33(28(13)39)8-4-2-3-5-20(35)36/h6,10-11,13-14,21-22,38H,2-5,7-9H2,1H3,(H,35,36). The van der Waals surface area contributed by atoms with Crippen molar-refractivity contribution in [2.24, 2.45) is 17.8 Å². The Morgan fingerprint density at radius 3 is 2.46 bits per heavy atom. The van der Waals surface area contributed by atoms with Crippen LogP contribution in [0.3, 0.4) is 0 Å². The molecule has 0 bridgehead atoms. The number of aromatic hydroxyl groups is 1. The van der Waals surface area contributed by atoms with Crippen LogP contribution in [-0.4, -0.2) is 58.1 Å². The fourth-order valence-corrected chi connectivity index (χ4v) is 7.95. The van der Waals surface area contributed by atoms with Crippen LogP contribution in [0.15, 0.2) is 48.4 Å². The van der Waals surface area contributed by atoms with Gasteiger partial charge in [-0.15, -0.1) is 0 Å². The fraction of sp³-hybridized carbons (Fsp3) is 0.414. The number of hydrogen-bond acceptors (Lipinski definition) is 7. The van der Waals surface area contributed by atoms with E-state index in [1.165, 1.54) is 18.1 Å². The van der Waals surface area contributed by atoms with Crippen LogP contribution in [0.25, 0.3) is 0 Å². The first-order valence-electron chi connectivity index (χ1n) is 13.2. The number of imide groups is 1. The molecule has 1 saturated heterocycles. The van der Waals surface area contributed by atoms with Crippen LogP contribution in [0.5, 0.6) is 11.5 Å². The molecule has 2 N–H and O–H groups in total. The van der Waals surface area contributed by atoms with E-state index in [1.807, 2.05) is 6.08 Å². The molecule has 2 amide bonds. The summed E-state index contributed by atoms with van der Waals surface area (Å²) in [4.78, 5) is 66.1. The number of aliphatic carboxylic acids is 1. The number of amides is 2. The number of benzene rings is 1. The van der Waals surface area contributed by atoms with Crippen molar-refractivity contribution in [3.8, 4) is 11.5 Å². The number of likely N-dealkylation sites (tertiary alicyclic amines) is 1. The molecular formula is C29H26Br3NO8. The molecule has 1 heterocycles. The lowest BCUT2D eigenvalue weighted by Gasteiger charge is -2.42. The summed E-state index contributed by atoms with van der Waals surface area (Å²) in [7, 11) is 1.41. The number of hydrogen-bond donors (Lipinski definition) is 2. The molecule has 4 aliphatic rings. The first kappa shape index (κ1) is 29.9. The third-order valence-electron chi connectivity index (χ3n) is 8.40. The Kier molecular flexibility index (Phi) is 8.46. The minimum absolute atomic E-state index is 0.0335. The number of carboxylic acids is 1. The number of methoxy groups -OCH3 is 1. The van der Waals surface area contributed by atoms with Crippen molar-refractivity contribution >= 4 is 77.1 Å². The number of ketones is 2. The molecule has 4 atom stereocenters. The highest BCUT2D eigenvalue weighted by atomic mass is 79.9. The lowest BCUT2D eigenvalue weighted by Crippen LogP contribution is -2.39. The summed E-state index contributed by atoms with van der Waals surface area (Å²) in [6, 6.07) is 1.62. The van der Waals surface area contributed by atoms with Gasteiger partial charge in [-0.05, 0) is 91.0 Å². The number of allylic oxidation sites excluding steroid dienone is 6.